The van der Waals surface area contributed by atoms with Gasteiger partial charge in [-0.1, -0.05) is 12.2 Å². The SMILES string of the molecule is CC(C)OC(=O)N1CC=CC1. The van der Waals surface area contributed by atoms with Gasteiger partial charge < -0.3 is 9.64 Å². The van der Waals surface area contributed by atoms with Gasteiger partial charge in [-0.3, -0.25) is 0 Å². The van der Waals surface area contributed by atoms with Gasteiger partial charge in [-0.05, 0) is 13.8 Å². The number of carbonyl (C=O) groups excluding carboxylic acids is 1. The first-order valence-corrected chi connectivity index (χ1v) is 3.80. The number of ether oxygens (including phenoxy) is 1. The normalized spacial score (nSPS) is 16.1. The summed E-state index contributed by atoms with van der Waals surface area (Å²) in [4.78, 5) is 12.8. The molecule has 0 aromatic rings. The van der Waals surface area contributed by atoms with Crippen LogP contribution in [0, 0.1) is 0 Å². The zero-order valence-corrected chi connectivity index (χ0v) is 6.91. The average molecular weight is 155 g/mol. The van der Waals surface area contributed by atoms with E-state index in [1.54, 1.807) is 4.90 Å². The lowest BCUT2D eigenvalue weighted by Gasteiger charge is -2.16. The van der Waals surface area contributed by atoms with Gasteiger partial charge in [-0.2, -0.15) is 0 Å². The van der Waals surface area contributed by atoms with Crippen molar-refractivity contribution in [3.8, 4) is 0 Å². The Morgan fingerprint density at radius 1 is 1.45 bits per heavy atom. The third kappa shape index (κ3) is 2.26. The molecule has 3 heteroatoms. The summed E-state index contributed by atoms with van der Waals surface area (Å²) in [7, 11) is 0. The Morgan fingerprint density at radius 3 is 2.45 bits per heavy atom. The maximum absolute atomic E-state index is 11.1. The maximum Gasteiger partial charge on any atom is 0.410 e. The Balaban J connectivity index is 2.30. The molecule has 0 aromatic carbocycles. The third-order valence-corrected chi connectivity index (χ3v) is 1.41. The van der Waals surface area contributed by atoms with Crippen molar-refractivity contribution in [1.29, 1.82) is 0 Å². The van der Waals surface area contributed by atoms with E-state index in [2.05, 4.69) is 0 Å². The smallest absolute Gasteiger partial charge is 0.410 e. The molecule has 1 amide bonds. The topological polar surface area (TPSA) is 29.5 Å². The molecule has 0 fully saturated rings. The van der Waals surface area contributed by atoms with Crippen LogP contribution in [0.3, 0.4) is 0 Å². The Hall–Kier alpha value is -0.990. The zero-order valence-electron chi connectivity index (χ0n) is 6.91. The van der Waals surface area contributed by atoms with Crippen LogP contribution >= 0.6 is 0 Å². The monoisotopic (exact) mass is 155 g/mol. The average Bonchev–Trinajstić information content (AvgIpc) is 2.35. The van der Waals surface area contributed by atoms with E-state index >= 15 is 0 Å². The van der Waals surface area contributed by atoms with Crippen molar-refractivity contribution in [2.75, 3.05) is 13.1 Å². The molecule has 0 atom stereocenters. The summed E-state index contributed by atoms with van der Waals surface area (Å²) in [6, 6.07) is 0. The van der Waals surface area contributed by atoms with Gasteiger partial charge in [-0.25, -0.2) is 4.79 Å². The largest absolute Gasteiger partial charge is 0.447 e. The molecular weight excluding hydrogens is 142 g/mol. The number of hydrogen-bond donors (Lipinski definition) is 0. The highest BCUT2D eigenvalue weighted by Gasteiger charge is 2.15. The predicted molar refractivity (Wildman–Crippen MR) is 42.3 cm³/mol. The van der Waals surface area contributed by atoms with Crippen LogP contribution in [0.15, 0.2) is 12.2 Å². The molecule has 0 bridgehead atoms. The van der Waals surface area contributed by atoms with Crippen molar-refractivity contribution in [3.05, 3.63) is 12.2 Å². The first kappa shape index (κ1) is 8.11. The molecule has 0 aromatic heterocycles. The second-order valence-electron chi connectivity index (χ2n) is 2.81. The number of carbonyl (C=O) groups is 1. The second-order valence-corrected chi connectivity index (χ2v) is 2.81. The molecule has 0 saturated carbocycles. The molecule has 0 spiro atoms. The van der Waals surface area contributed by atoms with Gasteiger partial charge >= 0.3 is 6.09 Å². The highest BCUT2D eigenvalue weighted by Crippen LogP contribution is 2.03. The van der Waals surface area contributed by atoms with Crippen LogP contribution in [0.4, 0.5) is 4.79 Å². The second kappa shape index (κ2) is 3.42. The van der Waals surface area contributed by atoms with Crippen LogP contribution in [0.1, 0.15) is 13.8 Å². The first-order chi connectivity index (χ1) is 5.20. The van der Waals surface area contributed by atoms with E-state index in [0.29, 0.717) is 13.1 Å². The molecule has 62 valence electrons. The fourth-order valence-corrected chi connectivity index (χ4v) is 0.903. The molecule has 1 aliphatic heterocycles. The highest BCUT2D eigenvalue weighted by molar-refractivity contribution is 5.68. The van der Waals surface area contributed by atoms with Crippen molar-refractivity contribution in [2.45, 2.75) is 20.0 Å². The molecule has 0 aliphatic carbocycles. The molecule has 0 unspecified atom stereocenters. The van der Waals surface area contributed by atoms with Gasteiger partial charge in [0.15, 0.2) is 0 Å². The summed E-state index contributed by atoms with van der Waals surface area (Å²) in [5.41, 5.74) is 0. The standard InChI is InChI=1S/C8H13NO2/c1-7(2)11-8(10)9-5-3-4-6-9/h3-4,7H,5-6H2,1-2H3. The summed E-state index contributed by atoms with van der Waals surface area (Å²) < 4.78 is 4.98. The summed E-state index contributed by atoms with van der Waals surface area (Å²) >= 11 is 0. The highest BCUT2D eigenvalue weighted by atomic mass is 16.6. The van der Waals surface area contributed by atoms with E-state index < -0.39 is 0 Å². The van der Waals surface area contributed by atoms with E-state index in [1.165, 1.54) is 0 Å². The van der Waals surface area contributed by atoms with Crippen LogP contribution in [0.5, 0.6) is 0 Å². The number of hydrogen-bond acceptors (Lipinski definition) is 2. The van der Waals surface area contributed by atoms with E-state index in [4.69, 9.17) is 4.74 Å². The number of amides is 1. The summed E-state index contributed by atoms with van der Waals surface area (Å²) in [6.45, 7) is 5.07. The van der Waals surface area contributed by atoms with Gasteiger partial charge in [0.05, 0.1) is 6.10 Å². The number of rotatable bonds is 1. The third-order valence-electron chi connectivity index (χ3n) is 1.41. The van der Waals surface area contributed by atoms with Gasteiger partial charge in [0, 0.05) is 13.1 Å². The van der Waals surface area contributed by atoms with Crippen molar-refractivity contribution in [1.82, 2.24) is 4.90 Å². The van der Waals surface area contributed by atoms with Crippen molar-refractivity contribution in [3.63, 3.8) is 0 Å². The fraction of sp³-hybridized carbons (Fsp3) is 0.625. The molecule has 0 saturated heterocycles. The van der Waals surface area contributed by atoms with Gasteiger partial charge in [0.25, 0.3) is 0 Å². The Kier molecular flexibility index (Phi) is 2.52. The minimum absolute atomic E-state index is 0.0249. The zero-order chi connectivity index (χ0) is 8.27. The predicted octanol–water partition coefficient (Wildman–Crippen LogP) is 1.40. The van der Waals surface area contributed by atoms with Crippen LogP contribution < -0.4 is 0 Å². The molecule has 0 radical (unpaired) electrons. The van der Waals surface area contributed by atoms with Gasteiger partial charge in [-0.15, -0.1) is 0 Å². The summed E-state index contributed by atoms with van der Waals surface area (Å²) in [5, 5.41) is 0. The molecule has 1 rings (SSSR count). The lowest BCUT2D eigenvalue weighted by atomic mass is 10.5. The minimum atomic E-state index is -0.218. The van der Waals surface area contributed by atoms with Crippen LogP contribution in [0.25, 0.3) is 0 Å². The lowest BCUT2D eigenvalue weighted by molar-refractivity contribution is 0.0850. The Labute approximate surface area is 66.6 Å². The van der Waals surface area contributed by atoms with Crippen molar-refractivity contribution in [2.24, 2.45) is 0 Å². The molecule has 11 heavy (non-hydrogen) atoms. The van der Waals surface area contributed by atoms with Crippen LogP contribution in [-0.2, 0) is 4.74 Å². The molecule has 3 nitrogen and oxygen atoms in total. The van der Waals surface area contributed by atoms with E-state index in [0.717, 1.165) is 0 Å². The van der Waals surface area contributed by atoms with E-state index in [9.17, 15) is 4.79 Å². The lowest BCUT2D eigenvalue weighted by Crippen LogP contribution is -2.30. The first-order valence-electron chi connectivity index (χ1n) is 3.80. The van der Waals surface area contributed by atoms with Crippen LogP contribution in [-0.4, -0.2) is 30.2 Å². The molecule has 0 N–H and O–H groups in total. The van der Waals surface area contributed by atoms with Crippen LogP contribution in [0.2, 0.25) is 0 Å². The van der Waals surface area contributed by atoms with Crippen molar-refractivity contribution >= 4 is 6.09 Å². The Morgan fingerprint density at radius 2 is 2.00 bits per heavy atom. The quantitative estimate of drug-likeness (QED) is 0.536. The van der Waals surface area contributed by atoms with Gasteiger partial charge in [0.2, 0.25) is 0 Å². The molecule has 1 aliphatic rings. The maximum atomic E-state index is 11.1. The van der Waals surface area contributed by atoms with E-state index in [-0.39, 0.29) is 12.2 Å². The number of nitrogens with zero attached hydrogens (tertiary/aromatic N) is 1. The van der Waals surface area contributed by atoms with Gasteiger partial charge in [0.1, 0.15) is 0 Å². The summed E-state index contributed by atoms with van der Waals surface area (Å²) in [5.74, 6) is 0. The Bertz CT molecular complexity index is 167. The molecular formula is C8H13NO2. The minimum Gasteiger partial charge on any atom is -0.447 e. The fourth-order valence-electron chi connectivity index (χ4n) is 0.903. The van der Waals surface area contributed by atoms with E-state index in [1.807, 2.05) is 26.0 Å². The molecule has 1 heterocycles. The van der Waals surface area contributed by atoms with Crippen molar-refractivity contribution < 1.29 is 9.53 Å². The summed E-state index contributed by atoms with van der Waals surface area (Å²) in [6.07, 6.45) is 3.68.